The standard InChI is InChI=1S/C20H29N3O3/c1-14(24)21-12-15-6-8-16(9-7-15)20(25)22-18-4-3-5-19(18)23-11-10-17(13-23)26-2/h6-9,17-19H,3-5,10-13H2,1-2H3,(H,21,24)(H,22,25)/t17?,18-,19+/m1/s1. The lowest BCUT2D eigenvalue weighted by Crippen LogP contribution is -2.48. The second-order valence-electron chi connectivity index (χ2n) is 7.33. The lowest BCUT2D eigenvalue weighted by molar-refractivity contribution is -0.119. The summed E-state index contributed by atoms with van der Waals surface area (Å²) in [5.41, 5.74) is 1.65. The number of carbonyl (C=O) groups excluding carboxylic acids is 2. The number of nitrogens with one attached hydrogen (secondary N) is 2. The second kappa shape index (κ2) is 8.64. The highest BCUT2D eigenvalue weighted by molar-refractivity contribution is 5.94. The maximum Gasteiger partial charge on any atom is 0.251 e. The molecule has 1 aromatic carbocycles. The van der Waals surface area contributed by atoms with E-state index < -0.39 is 0 Å². The number of amides is 2. The van der Waals surface area contributed by atoms with E-state index in [1.807, 2.05) is 24.3 Å². The molecule has 1 aliphatic heterocycles. The quantitative estimate of drug-likeness (QED) is 0.811. The molecule has 0 aromatic heterocycles. The minimum Gasteiger partial charge on any atom is -0.380 e. The van der Waals surface area contributed by atoms with E-state index in [2.05, 4.69) is 15.5 Å². The van der Waals surface area contributed by atoms with Crippen molar-refractivity contribution < 1.29 is 14.3 Å². The van der Waals surface area contributed by atoms with Crippen LogP contribution in [0.25, 0.3) is 0 Å². The van der Waals surface area contributed by atoms with E-state index in [1.165, 1.54) is 6.92 Å². The molecule has 0 bridgehead atoms. The van der Waals surface area contributed by atoms with Crippen LogP contribution in [0.2, 0.25) is 0 Å². The Hall–Kier alpha value is -1.92. The van der Waals surface area contributed by atoms with Gasteiger partial charge in [-0.2, -0.15) is 0 Å². The van der Waals surface area contributed by atoms with E-state index in [0.717, 1.165) is 44.3 Å². The summed E-state index contributed by atoms with van der Waals surface area (Å²) in [6, 6.07) is 8.05. The van der Waals surface area contributed by atoms with Gasteiger partial charge in [0.2, 0.25) is 5.91 Å². The van der Waals surface area contributed by atoms with Crippen LogP contribution in [0.5, 0.6) is 0 Å². The van der Waals surface area contributed by atoms with Gasteiger partial charge in [-0.25, -0.2) is 0 Å². The van der Waals surface area contributed by atoms with Crippen LogP contribution in [-0.2, 0) is 16.1 Å². The molecule has 3 rings (SSSR count). The van der Waals surface area contributed by atoms with Crippen LogP contribution < -0.4 is 10.6 Å². The SMILES string of the molecule is COC1CCN([C@H]2CCC[C@H]2NC(=O)c2ccc(CNC(C)=O)cc2)C1. The lowest BCUT2D eigenvalue weighted by atomic mass is 10.1. The monoisotopic (exact) mass is 359 g/mol. The Kier molecular flexibility index (Phi) is 6.27. The molecule has 6 heteroatoms. The first-order valence-corrected chi connectivity index (χ1v) is 9.48. The molecule has 3 atom stereocenters. The number of benzene rings is 1. The molecule has 26 heavy (non-hydrogen) atoms. The fourth-order valence-electron chi connectivity index (χ4n) is 4.05. The predicted octanol–water partition coefficient (Wildman–Crippen LogP) is 1.69. The molecule has 1 heterocycles. The number of methoxy groups -OCH3 is 1. The zero-order chi connectivity index (χ0) is 18.5. The number of nitrogens with zero attached hydrogens (tertiary/aromatic N) is 1. The summed E-state index contributed by atoms with van der Waals surface area (Å²) < 4.78 is 5.48. The minimum absolute atomic E-state index is 0.0181. The topological polar surface area (TPSA) is 70.7 Å². The largest absolute Gasteiger partial charge is 0.380 e. The van der Waals surface area contributed by atoms with Gasteiger partial charge in [-0.1, -0.05) is 12.1 Å². The van der Waals surface area contributed by atoms with E-state index in [0.29, 0.717) is 24.3 Å². The van der Waals surface area contributed by atoms with Gasteiger partial charge < -0.3 is 15.4 Å². The zero-order valence-electron chi connectivity index (χ0n) is 15.7. The van der Waals surface area contributed by atoms with Gasteiger partial charge >= 0.3 is 0 Å². The third kappa shape index (κ3) is 4.62. The average Bonchev–Trinajstić information content (AvgIpc) is 3.29. The van der Waals surface area contributed by atoms with Crippen molar-refractivity contribution in [2.24, 2.45) is 0 Å². The molecule has 142 valence electrons. The first-order chi connectivity index (χ1) is 12.6. The first-order valence-electron chi connectivity index (χ1n) is 9.48. The van der Waals surface area contributed by atoms with E-state index in [4.69, 9.17) is 4.74 Å². The highest BCUT2D eigenvalue weighted by Crippen LogP contribution is 2.28. The number of rotatable bonds is 6. The summed E-state index contributed by atoms with van der Waals surface area (Å²) in [6.07, 6.45) is 4.72. The van der Waals surface area contributed by atoms with Crippen molar-refractivity contribution in [3.8, 4) is 0 Å². The molecule has 2 amide bonds. The molecule has 1 saturated carbocycles. The van der Waals surface area contributed by atoms with Crippen LogP contribution in [-0.4, -0.2) is 55.1 Å². The molecular formula is C20H29N3O3. The fourth-order valence-corrected chi connectivity index (χ4v) is 4.05. The molecule has 2 aliphatic rings. The van der Waals surface area contributed by atoms with Gasteiger partial charge in [-0.3, -0.25) is 14.5 Å². The third-order valence-electron chi connectivity index (χ3n) is 5.53. The number of likely N-dealkylation sites (tertiary alicyclic amines) is 1. The van der Waals surface area contributed by atoms with Crippen LogP contribution in [0.3, 0.4) is 0 Å². The van der Waals surface area contributed by atoms with Crippen LogP contribution in [0.15, 0.2) is 24.3 Å². The van der Waals surface area contributed by atoms with Crippen molar-refractivity contribution in [1.29, 1.82) is 0 Å². The van der Waals surface area contributed by atoms with Gasteiger partial charge in [0.05, 0.1) is 6.10 Å². The number of hydrogen-bond donors (Lipinski definition) is 2. The zero-order valence-corrected chi connectivity index (χ0v) is 15.7. The normalized spacial score (nSPS) is 26.0. The van der Waals surface area contributed by atoms with Crippen molar-refractivity contribution >= 4 is 11.8 Å². The Morgan fingerprint density at radius 2 is 1.96 bits per heavy atom. The average molecular weight is 359 g/mol. The molecule has 0 radical (unpaired) electrons. The van der Waals surface area contributed by atoms with Crippen LogP contribution in [0, 0.1) is 0 Å². The third-order valence-corrected chi connectivity index (χ3v) is 5.53. The Morgan fingerprint density at radius 3 is 2.62 bits per heavy atom. The molecule has 1 aliphatic carbocycles. The Balaban J connectivity index is 1.56. The highest BCUT2D eigenvalue weighted by atomic mass is 16.5. The minimum atomic E-state index is -0.0586. The smallest absolute Gasteiger partial charge is 0.251 e. The maximum absolute atomic E-state index is 12.6. The summed E-state index contributed by atoms with van der Waals surface area (Å²) >= 11 is 0. The Bertz CT molecular complexity index is 632. The molecule has 1 aromatic rings. The molecule has 2 N–H and O–H groups in total. The van der Waals surface area contributed by atoms with Crippen molar-refractivity contribution in [1.82, 2.24) is 15.5 Å². The summed E-state index contributed by atoms with van der Waals surface area (Å²) in [5.74, 6) is -0.0767. The fraction of sp³-hybridized carbons (Fsp3) is 0.600. The maximum atomic E-state index is 12.6. The lowest BCUT2D eigenvalue weighted by Gasteiger charge is -2.30. The van der Waals surface area contributed by atoms with Crippen molar-refractivity contribution in [3.63, 3.8) is 0 Å². The van der Waals surface area contributed by atoms with Crippen LogP contribution in [0.4, 0.5) is 0 Å². The van der Waals surface area contributed by atoms with E-state index >= 15 is 0 Å². The second-order valence-corrected chi connectivity index (χ2v) is 7.33. The number of ether oxygens (including phenoxy) is 1. The Morgan fingerprint density at radius 1 is 1.19 bits per heavy atom. The summed E-state index contributed by atoms with van der Waals surface area (Å²) in [4.78, 5) is 26.1. The highest BCUT2D eigenvalue weighted by Gasteiger charge is 2.36. The molecular weight excluding hydrogens is 330 g/mol. The molecule has 1 unspecified atom stereocenters. The van der Waals surface area contributed by atoms with E-state index in [-0.39, 0.29) is 17.9 Å². The van der Waals surface area contributed by atoms with Gasteiger partial charge in [-0.15, -0.1) is 0 Å². The first kappa shape index (κ1) is 18.9. The summed E-state index contributed by atoms with van der Waals surface area (Å²) in [6.45, 7) is 3.99. The van der Waals surface area contributed by atoms with E-state index in [1.54, 1.807) is 7.11 Å². The van der Waals surface area contributed by atoms with Crippen LogP contribution >= 0.6 is 0 Å². The number of hydrogen-bond acceptors (Lipinski definition) is 4. The van der Waals surface area contributed by atoms with E-state index in [9.17, 15) is 9.59 Å². The molecule has 1 saturated heterocycles. The molecule has 6 nitrogen and oxygen atoms in total. The predicted molar refractivity (Wildman–Crippen MR) is 99.8 cm³/mol. The van der Waals surface area contributed by atoms with Crippen LogP contribution in [0.1, 0.15) is 48.5 Å². The van der Waals surface area contributed by atoms with Gasteiger partial charge in [0.1, 0.15) is 0 Å². The molecule has 2 fully saturated rings. The Labute approximate surface area is 155 Å². The van der Waals surface area contributed by atoms with Gasteiger partial charge in [0.25, 0.3) is 5.91 Å². The summed E-state index contributed by atoms with van der Waals surface area (Å²) in [5, 5.41) is 5.99. The van der Waals surface area contributed by atoms with Crippen molar-refractivity contribution in [2.75, 3.05) is 20.2 Å². The van der Waals surface area contributed by atoms with Gasteiger partial charge in [0, 0.05) is 51.3 Å². The van der Waals surface area contributed by atoms with Gasteiger partial charge in [0.15, 0.2) is 0 Å². The van der Waals surface area contributed by atoms with Gasteiger partial charge in [-0.05, 0) is 43.4 Å². The van der Waals surface area contributed by atoms with Crippen molar-refractivity contribution in [3.05, 3.63) is 35.4 Å². The number of carbonyl (C=O) groups is 2. The summed E-state index contributed by atoms with van der Waals surface area (Å²) in [7, 11) is 1.78. The van der Waals surface area contributed by atoms with Crippen molar-refractivity contribution in [2.45, 2.75) is 57.3 Å². The molecule has 0 spiro atoms.